The van der Waals surface area contributed by atoms with Gasteiger partial charge in [0.05, 0.1) is 12.0 Å². The van der Waals surface area contributed by atoms with Crippen LogP contribution in [0.25, 0.3) is 0 Å². The molecule has 16 heteroatoms. The quantitative estimate of drug-likeness (QED) is 0.0409. The van der Waals surface area contributed by atoms with Crippen molar-refractivity contribution in [2.75, 3.05) is 52.7 Å². The summed E-state index contributed by atoms with van der Waals surface area (Å²) >= 11 is 0. The van der Waals surface area contributed by atoms with Gasteiger partial charge in [-0.25, -0.2) is 19.2 Å². The molecule has 56 heavy (non-hydrogen) atoms. The fraction of sp³-hybridized carbons (Fsp3) is 0.425. The van der Waals surface area contributed by atoms with Gasteiger partial charge in [0.15, 0.2) is 6.10 Å². The Morgan fingerprint density at radius 3 is 1.71 bits per heavy atom. The fourth-order valence-electron chi connectivity index (χ4n) is 4.26. The van der Waals surface area contributed by atoms with Gasteiger partial charge in [0, 0.05) is 23.3 Å². The minimum absolute atomic E-state index is 0.0448. The van der Waals surface area contributed by atoms with Gasteiger partial charge >= 0.3 is 30.0 Å². The smallest absolute Gasteiger partial charge is 0.407 e. The van der Waals surface area contributed by atoms with E-state index >= 15 is 0 Å². The van der Waals surface area contributed by atoms with Gasteiger partial charge in [0.2, 0.25) is 6.41 Å². The molecule has 0 heterocycles. The van der Waals surface area contributed by atoms with Crippen LogP contribution in [0.4, 0.5) is 4.79 Å². The van der Waals surface area contributed by atoms with Gasteiger partial charge in [-0.2, -0.15) is 0 Å². The summed E-state index contributed by atoms with van der Waals surface area (Å²) in [6, 6.07) is 17.5. The lowest BCUT2D eigenvalue weighted by molar-refractivity contribution is -0.181. The molecule has 0 saturated carbocycles. The highest BCUT2D eigenvalue weighted by Crippen LogP contribution is 2.27. The lowest BCUT2D eigenvalue weighted by Gasteiger charge is -2.26. The van der Waals surface area contributed by atoms with Gasteiger partial charge in [-0.1, -0.05) is 56.1 Å². The zero-order valence-corrected chi connectivity index (χ0v) is 32.2. The summed E-state index contributed by atoms with van der Waals surface area (Å²) in [6.07, 6.45) is -4.59. The standard InChI is InChI=1S/C40H52N2O14/c1-27(2)34(43)49-20-18-41-38(47)55-32(23-51-30-14-10-8-11-15-30)25-53-36(45)29(5)22-40(6,7)37(46)54-26-33(24-52-31-16-12-9-13-17-31)56-39(48)42-19-21-50-35(44)28(3)4/h8-17,32-33,38,41,47H,1,3,5,18-26H2,2,4,6-7H3,(H,42,48). The first kappa shape index (κ1) is 46.4. The van der Waals surface area contributed by atoms with Crippen LogP contribution in [0.1, 0.15) is 34.1 Å². The van der Waals surface area contributed by atoms with E-state index in [1.165, 1.54) is 13.8 Å². The topological polar surface area (TPSA) is 203 Å². The van der Waals surface area contributed by atoms with E-state index in [4.69, 9.17) is 37.9 Å². The van der Waals surface area contributed by atoms with E-state index in [-0.39, 0.29) is 69.3 Å². The first-order valence-electron chi connectivity index (χ1n) is 17.6. The average molecular weight is 785 g/mol. The van der Waals surface area contributed by atoms with Gasteiger partial charge < -0.3 is 48.3 Å². The van der Waals surface area contributed by atoms with Crippen molar-refractivity contribution in [2.45, 2.75) is 52.7 Å². The lowest BCUT2D eigenvalue weighted by atomic mass is 9.86. The number of hydrogen-bond donors (Lipinski definition) is 3. The molecular weight excluding hydrogens is 732 g/mol. The van der Waals surface area contributed by atoms with Crippen LogP contribution in [0.15, 0.2) is 97.1 Å². The second-order valence-electron chi connectivity index (χ2n) is 13.0. The molecular formula is C40H52N2O14. The molecule has 0 aliphatic heterocycles. The van der Waals surface area contributed by atoms with Crippen molar-refractivity contribution < 1.29 is 67.0 Å². The third kappa shape index (κ3) is 19.1. The maximum absolute atomic E-state index is 13.2. The molecule has 0 spiro atoms. The predicted octanol–water partition coefficient (Wildman–Crippen LogP) is 3.79. The lowest BCUT2D eigenvalue weighted by Crippen LogP contribution is -2.41. The molecule has 0 fully saturated rings. The maximum Gasteiger partial charge on any atom is 0.407 e. The number of benzene rings is 2. The summed E-state index contributed by atoms with van der Waals surface area (Å²) in [7, 11) is 0. The second-order valence-corrected chi connectivity index (χ2v) is 13.0. The minimum atomic E-state index is -1.54. The Bertz CT molecular complexity index is 1610. The largest absolute Gasteiger partial charge is 0.491 e. The highest BCUT2D eigenvalue weighted by atomic mass is 16.7. The summed E-state index contributed by atoms with van der Waals surface area (Å²) in [5.74, 6) is -1.75. The summed E-state index contributed by atoms with van der Waals surface area (Å²) in [5.41, 5.74) is -0.897. The second kappa shape index (κ2) is 24.6. The van der Waals surface area contributed by atoms with Crippen LogP contribution in [-0.4, -0.2) is 106 Å². The Morgan fingerprint density at radius 2 is 1.18 bits per heavy atom. The van der Waals surface area contributed by atoms with Crippen molar-refractivity contribution >= 4 is 30.0 Å². The monoisotopic (exact) mass is 784 g/mol. The van der Waals surface area contributed by atoms with Crippen LogP contribution in [-0.2, 0) is 47.6 Å². The number of carbonyl (C=O) groups is 5. The van der Waals surface area contributed by atoms with Crippen LogP contribution >= 0.6 is 0 Å². The number of para-hydroxylation sites is 2. The van der Waals surface area contributed by atoms with E-state index in [1.807, 2.05) is 6.07 Å². The number of amides is 1. The molecule has 0 bridgehead atoms. The number of rotatable bonds is 26. The molecule has 3 unspecified atom stereocenters. The summed E-state index contributed by atoms with van der Waals surface area (Å²) in [6.45, 7) is 15.6. The zero-order valence-electron chi connectivity index (χ0n) is 32.2. The minimum Gasteiger partial charge on any atom is -0.491 e. The molecule has 16 nitrogen and oxygen atoms in total. The average Bonchev–Trinajstić information content (AvgIpc) is 3.17. The third-order valence-corrected chi connectivity index (χ3v) is 7.21. The SMILES string of the molecule is C=C(C)C(=O)OCCNC(=O)OC(COC(=O)C(C)(C)CC(=C)C(=O)OCC(COc1ccccc1)OC(O)NCCOC(=O)C(=C)C)COc1ccccc1. The number of carbonyl (C=O) groups excluding carboxylic acids is 5. The Kier molecular flexibility index (Phi) is 20.4. The van der Waals surface area contributed by atoms with Gasteiger partial charge in [-0.3, -0.25) is 10.1 Å². The van der Waals surface area contributed by atoms with Gasteiger partial charge in [0.1, 0.15) is 57.2 Å². The van der Waals surface area contributed by atoms with E-state index in [2.05, 4.69) is 30.4 Å². The number of aliphatic hydroxyl groups is 1. The molecule has 3 N–H and O–H groups in total. The van der Waals surface area contributed by atoms with E-state index in [0.717, 1.165) is 0 Å². The molecule has 3 atom stereocenters. The molecule has 0 aliphatic carbocycles. The molecule has 306 valence electrons. The van der Waals surface area contributed by atoms with E-state index in [9.17, 15) is 29.1 Å². The highest BCUT2D eigenvalue weighted by Gasteiger charge is 2.33. The number of nitrogens with one attached hydrogen (secondary N) is 2. The molecule has 2 aromatic carbocycles. The fourth-order valence-corrected chi connectivity index (χ4v) is 4.26. The van der Waals surface area contributed by atoms with Crippen LogP contribution in [0.5, 0.6) is 11.5 Å². The van der Waals surface area contributed by atoms with Crippen molar-refractivity contribution in [2.24, 2.45) is 5.41 Å². The zero-order chi connectivity index (χ0) is 41.5. The molecule has 1 amide bonds. The normalized spacial score (nSPS) is 12.4. The van der Waals surface area contributed by atoms with Crippen molar-refractivity contribution in [1.82, 2.24) is 10.6 Å². The van der Waals surface area contributed by atoms with Gasteiger partial charge in [-0.05, 0) is 58.4 Å². The first-order valence-corrected chi connectivity index (χ1v) is 17.6. The van der Waals surface area contributed by atoms with E-state index in [0.29, 0.717) is 11.5 Å². The molecule has 2 rings (SSSR count). The van der Waals surface area contributed by atoms with Crippen molar-refractivity contribution in [3.8, 4) is 11.5 Å². The number of hydrogen-bond acceptors (Lipinski definition) is 15. The van der Waals surface area contributed by atoms with Crippen LogP contribution in [0.2, 0.25) is 0 Å². The van der Waals surface area contributed by atoms with Crippen molar-refractivity contribution in [3.05, 3.63) is 97.1 Å². The molecule has 0 aliphatic rings. The predicted molar refractivity (Wildman–Crippen MR) is 202 cm³/mol. The Morgan fingerprint density at radius 1 is 0.679 bits per heavy atom. The van der Waals surface area contributed by atoms with Crippen LogP contribution in [0, 0.1) is 5.41 Å². The van der Waals surface area contributed by atoms with Gasteiger partial charge in [-0.15, -0.1) is 0 Å². The highest BCUT2D eigenvalue weighted by molar-refractivity contribution is 5.89. The summed E-state index contributed by atoms with van der Waals surface area (Å²) in [5, 5.41) is 15.5. The number of alkyl carbamates (subject to hydrolysis) is 1. The summed E-state index contributed by atoms with van der Waals surface area (Å²) in [4.78, 5) is 61.8. The molecule has 0 saturated heterocycles. The van der Waals surface area contributed by atoms with E-state index < -0.39 is 60.6 Å². The Labute approximate surface area is 326 Å². The van der Waals surface area contributed by atoms with Crippen LogP contribution in [0.3, 0.4) is 0 Å². The summed E-state index contributed by atoms with van der Waals surface area (Å²) < 4.78 is 43.3. The van der Waals surface area contributed by atoms with Gasteiger partial charge in [0.25, 0.3) is 0 Å². The number of aliphatic hydroxyl groups excluding tert-OH is 1. The Hall–Kier alpha value is -5.71. The Balaban J connectivity index is 1.94. The van der Waals surface area contributed by atoms with Crippen LogP contribution < -0.4 is 20.1 Å². The van der Waals surface area contributed by atoms with Crippen molar-refractivity contribution in [3.63, 3.8) is 0 Å². The van der Waals surface area contributed by atoms with E-state index in [1.54, 1.807) is 68.4 Å². The molecule has 0 radical (unpaired) electrons. The number of ether oxygens (including phenoxy) is 8. The maximum atomic E-state index is 13.2. The number of esters is 4. The third-order valence-electron chi connectivity index (χ3n) is 7.21. The molecule has 2 aromatic rings. The van der Waals surface area contributed by atoms with Crippen molar-refractivity contribution in [1.29, 1.82) is 0 Å². The first-order chi connectivity index (χ1) is 26.6. The molecule has 0 aromatic heterocycles.